The van der Waals surface area contributed by atoms with Gasteiger partial charge < -0.3 is 10.4 Å². The minimum absolute atomic E-state index is 0.0759. The first-order chi connectivity index (χ1) is 8.61. The van der Waals surface area contributed by atoms with Gasteiger partial charge in [-0.3, -0.25) is 0 Å². The molecule has 0 aliphatic carbocycles. The summed E-state index contributed by atoms with van der Waals surface area (Å²) in [5.41, 5.74) is 0.808. The molecule has 1 aromatic heterocycles. The van der Waals surface area contributed by atoms with E-state index in [1.807, 2.05) is 6.07 Å². The Morgan fingerprint density at radius 2 is 2.00 bits per heavy atom. The van der Waals surface area contributed by atoms with E-state index in [0.29, 0.717) is 0 Å². The molecule has 2 rings (SSSR count). The fourth-order valence-corrected chi connectivity index (χ4v) is 3.06. The SMILES string of the molecule is CCC(Nc1cc(Cl)c(O)c(Cl)c1)c1cccs1. The maximum absolute atomic E-state index is 9.52. The largest absolute Gasteiger partial charge is 0.505 e. The molecule has 18 heavy (non-hydrogen) atoms. The molecular formula is C13H13Cl2NOS. The van der Waals surface area contributed by atoms with Crippen LogP contribution >= 0.6 is 34.5 Å². The molecule has 0 spiro atoms. The molecule has 1 atom stereocenters. The summed E-state index contributed by atoms with van der Waals surface area (Å²) in [7, 11) is 0. The van der Waals surface area contributed by atoms with E-state index < -0.39 is 0 Å². The summed E-state index contributed by atoms with van der Waals surface area (Å²) < 4.78 is 0. The number of hydrogen-bond donors (Lipinski definition) is 2. The molecular weight excluding hydrogens is 289 g/mol. The van der Waals surface area contributed by atoms with E-state index >= 15 is 0 Å². The summed E-state index contributed by atoms with van der Waals surface area (Å²) in [4.78, 5) is 1.26. The topological polar surface area (TPSA) is 32.3 Å². The molecule has 0 aliphatic rings. The molecule has 0 amide bonds. The van der Waals surface area contributed by atoms with E-state index in [1.165, 1.54) is 4.88 Å². The Labute approximate surface area is 120 Å². The van der Waals surface area contributed by atoms with Gasteiger partial charge in [0.15, 0.2) is 5.75 Å². The molecule has 1 aromatic carbocycles. The molecule has 0 saturated heterocycles. The molecule has 1 heterocycles. The molecule has 2 nitrogen and oxygen atoms in total. The van der Waals surface area contributed by atoms with E-state index in [1.54, 1.807) is 23.5 Å². The highest BCUT2D eigenvalue weighted by atomic mass is 35.5. The first-order valence-corrected chi connectivity index (χ1v) is 7.23. The van der Waals surface area contributed by atoms with Gasteiger partial charge in [0.05, 0.1) is 16.1 Å². The Kier molecular flexibility index (Phi) is 4.38. The average molecular weight is 302 g/mol. The Balaban J connectivity index is 2.23. The van der Waals surface area contributed by atoms with Crippen LogP contribution in [0.1, 0.15) is 24.3 Å². The third-order valence-corrected chi connectivity index (χ3v) is 4.21. The lowest BCUT2D eigenvalue weighted by Crippen LogP contribution is -2.07. The van der Waals surface area contributed by atoms with Crippen molar-refractivity contribution in [3.05, 3.63) is 44.6 Å². The Morgan fingerprint density at radius 3 is 2.50 bits per heavy atom. The van der Waals surface area contributed by atoms with Crippen molar-refractivity contribution >= 4 is 40.2 Å². The van der Waals surface area contributed by atoms with E-state index in [-0.39, 0.29) is 21.8 Å². The second-order valence-electron chi connectivity index (χ2n) is 3.91. The van der Waals surface area contributed by atoms with Gasteiger partial charge in [0.1, 0.15) is 0 Å². The van der Waals surface area contributed by atoms with E-state index in [4.69, 9.17) is 23.2 Å². The van der Waals surface area contributed by atoms with E-state index in [0.717, 1.165) is 12.1 Å². The summed E-state index contributed by atoms with van der Waals surface area (Å²) in [5.74, 6) is -0.0759. The standard InChI is InChI=1S/C13H13Cl2NOS/c1-2-11(12-4-3-5-18-12)16-8-6-9(14)13(17)10(15)7-8/h3-7,11,16-17H,2H2,1H3. The zero-order valence-electron chi connectivity index (χ0n) is 9.78. The lowest BCUT2D eigenvalue weighted by atomic mass is 10.1. The molecule has 0 radical (unpaired) electrons. The smallest absolute Gasteiger partial charge is 0.152 e. The predicted octanol–water partition coefficient (Wildman–Crippen LogP) is 5.32. The van der Waals surface area contributed by atoms with Crippen LogP contribution in [-0.2, 0) is 0 Å². The van der Waals surface area contributed by atoms with Crippen LogP contribution in [0.4, 0.5) is 5.69 Å². The van der Waals surface area contributed by atoms with Gasteiger partial charge in [-0.05, 0) is 30.0 Å². The first-order valence-electron chi connectivity index (χ1n) is 5.59. The fourth-order valence-electron chi connectivity index (χ4n) is 1.71. The third-order valence-electron chi connectivity index (χ3n) is 2.65. The highest BCUT2D eigenvalue weighted by Crippen LogP contribution is 2.36. The number of aromatic hydroxyl groups is 1. The van der Waals surface area contributed by atoms with Crippen LogP contribution in [0, 0.1) is 0 Å². The molecule has 0 bridgehead atoms. The van der Waals surface area contributed by atoms with Gasteiger partial charge in [-0.25, -0.2) is 0 Å². The maximum Gasteiger partial charge on any atom is 0.152 e. The molecule has 5 heteroatoms. The number of rotatable bonds is 4. The van der Waals surface area contributed by atoms with Crippen LogP contribution in [0.25, 0.3) is 0 Å². The van der Waals surface area contributed by atoms with Crippen molar-refractivity contribution in [1.29, 1.82) is 0 Å². The second kappa shape index (κ2) is 5.83. The molecule has 0 fully saturated rings. The molecule has 1 unspecified atom stereocenters. The van der Waals surface area contributed by atoms with Crippen molar-refractivity contribution in [3.63, 3.8) is 0 Å². The number of benzene rings is 1. The minimum Gasteiger partial charge on any atom is -0.505 e. The summed E-state index contributed by atoms with van der Waals surface area (Å²) in [5, 5.41) is 15.5. The first kappa shape index (κ1) is 13.5. The van der Waals surface area contributed by atoms with Crippen LogP contribution in [0.15, 0.2) is 29.6 Å². The van der Waals surface area contributed by atoms with Crippen molar-refractivity contribution < 1.29 is 5.11 Å². The summed E-state index contributed by atoms with van der Waals surface area (Å²) in [6, 6.07) is 7.70. The van der Waals surface area contributed by atoms with Crippen LogP contribution in [0.5, 0.6) is 5.75 Å². The number of nitrogens with one attached hydrogen (secondary N) is 1. The highest BCUT2D eigenvalue weighted by Gasteiger charge is 2.12. The number of phenols is 1. The Bertz CT molecular complexity index is 505. The zero-order valence-corrected chi connectivity index (χ0v) is 12.1. The van der Waals surface area contributed by atoms with Crippen LogP contribution < -0.4 is 5.32 Å². The van der Waals surface area contributed by atoms with Crippen molar-refractivity contribution in [2.75, 3.05) is 5.32 Å². The lowest BCUT2D eigenvalue weighted by Gasteiger charge is -2.17. The predicted molar refractivity (Wildman–Crippen MR) is 79.1 cm³/mol. The monoisotopic (exact) mass is 301 g/mol. The molecule has 2 aromatic rings. The van der Waals surface area contributed by atoms with Crippen LogP contribution in [0.3, 0.4) is 0 Å². The highest BCUT2D eigenvalue weighted by molar-refractivity contribution is 7.10. The van der Waals surface area contributed by atoms with Gasteiger partial charge in [-0.15, -0.1) is 11.3 Å². The molecule has 2 N–H and O–H groups in total. The van der Waals surface area contributed by atoms with Gasteiger partial charge in [0, 0.05) is 10.6 Å². The van der Waals surface area contributed by atoms with E-state index in [9.17, 15) is 5.11 Å². The molecule has 0 aliphatic heterocycles. The summed E-state index contributed by atoms with van der Waals surface area (Å²) in [6.45, 7) is 2.11. The maximum atomic E-state index is 9.52. The average Bonchev–Trinajstić information content (AvgIpc) is 2.86. The van der Waals surface area contributed by atoms with Gasteiger partial charge in [-0.2, -0.15) is 0 Å². The minimum atomic E-state index is -0.0759. The second-order valence-corrected chi connectivity index (χ2v) is 5.70. The third kappa shape index (κ3) is 2.91. The summed E-state index contributed by atoms with van der Waals surface area (Å²) >= 11 is 13.5. The van der Waals surface area contributed by atoms with Gasteiger partial charge >= 0.3 is 0 Å². The lowest BCUT2D eigenvalue weighted by molar-refractivity contribution is 0.476. The number of thiophene rings is 1. The van der Waals surface area contributed by atoms with E-state index in [2.05, 4.69) is 23.7 Å². The Morgan fingerprint density at radius 1 is 1.33 bits per heavy atom. The molecule has 0 saturated carbocycles. The number of halogens is 2. The summed E-state index contributed by atoms with van der Waals surface area (Å²) in [6.07, 6.45) is 0.955. The molecule has 96 valence electrons. The fraction of sp³-hybridized carbons (Fsp3) is 0.231. The number of anilines is 1. The van der Waals surface area contributed by atoms with Gasteiger partial charge in [-0.1, -0.05) is 36.2 Å². The normalized spacial score (nSPS) is 12.4. The van der Waals surface area contributed by atoms with Crippen molar-refractivity contribution in [2.24, 2.45) is 0 Å². The van der Waals surface area contributed by atoms with Crippen LogP contribution in [0.2, 0.25) is 10.0 Å². The van der Waals surface area contributed by atoms with Crippen molar-refractivity contribution in [2.45, 2.75) is 19.4 Å². The Hall–Kier alpha value is -0.900. The van der Waals surface area contributed by atoms with Crippen molar-refractivity contribution in [1.82, 2.24) is 0 Å². The zero-order chi connectivity index (χ0) is 13.1. The number of hydrogen-bond acceptors (Lipinski definition) is 3. The van der Waals surface area contributed by atoms with Crippen LogP contribution in [-0.4, -0.2) is 5.11 Å². The van der Waals surface area contributed by atoms with Crippen molar-refractivity contribution in [3.8, 4) is 5.75 Å². The van der Waals surface area contributed by atoms with Gasteiger partial charge in [0.25, 0.3) is 0 Å². The quantitative estimate of drug-likeness (QED) is 0.749. The number of phenolic OH excluding ortho intramolecular Hbond substituents is 1. The van der Waals surface area contributed by atoms with Gasteiger partial charge in [0.2, 0.25) is 0 Å².